The first-order chi connectivity index (χ1) is 12.3. The van der Waals surface area contributed by atoms with Gasteiger partial charge in [0.25, 0.3) is 0 Å². The molecule has 0 aliphatic carbocycles. The van der Waals surface area contributed by atoms with E-state index in [-0.39, 0.29) is 0 Å². The highest BCUT2D eigenvalue weighted by atomic mass is 15.3. The molecule has 2 bridgehead atoms. The van der Waals surface area contributed by atoms with Crippen LogP contribution in [-0.2, 0) is 5.54 Å². The first-order valence-corrected chi connectivity index (χ1v) is 10.3. The fourth-order valence-electron chi connectivity index (χ4n) is 6.57. The third-order valence-electron chi connectivity index (χ3n) is 7.62. The predicted octanol–water partition coefficient (Wildman–Crippen LogP) is 3.76. The van der Waals surface area contributed by atoms with Crippen LogP contribution < -0.4 is 0 Å². The third-order valence-corrected chi connectivity index (χ3v) is 7.62. The van der Waals surface area contributed by atoms with Gasteiger partial charge in [0.05, 0.1) is 6.07 Å². The molecule has 3 heteroatoms. The minimum atomic E-state index is -0.391. The lowest BCUT2D eigenvalue weighted by Crippen LogP contribution is -2.67. The summed E-state index contributed by atoms with van der Waals surface area (Å²) < 4.78 is 0. The topological polar surface area (TPSA) is 30.3 Å². The van der Waals surface area contributed by atoms with Gasteiger partial charge in [-0.05, 0) is 62.5 Å². The maximum absolute atomic E-state index is 10.3. The van der Waals surface area contributed by atoms with Gasteiger partial charge in [-0.3, -0.25) is 9.80 Å². The molecule has 4 aliphatic heterocycles. The molecule has 0 radical (unpaired) electrons. The molecule has 25 heavy (non-hydrogen) atoms. The monoisotopic (exact) mass is 335 g/mol. The summed E-state index contributed by atoms with van der Waals surface area (Å²) in [7, 11) is 0. The molecule has 4 heterocycles. The van der Waals surface area contributed by atoms with E-state index in [2.05, 4.69) is 46.2 Å². The van der Waals surface area contributed by atoms with E-state index in [0.29, 0.717) is 6.04 Å². The lowest BCUT2D eigenvalue weighted by atomic mass is 9.67. The van der Waals surface area contributed by atoms with E-state index in [1.165, 1.54) is 57.2 Å². The zero-order valence-electron chi connectivity index (χ0n) is 15.1. The fraction of sp³-hybridized carbons (Fsp3) is 0.682. The van der Waals surface area contributed by atoms with Crippen molar-refractivity contribution in [3.8, 4) is 6.07 Å². The van der Waals surface area contributed by atoms with Crippen LogP contribution in [0.5, 0.6) is 0 Å². The van der Waals surface area contributed by atoms with Gasteiger partial charge in [-0.2, -0.15) is 5.26 Å². The SMILES string of the molecule is N#C[C@]1(c2ccccc2)CCC[C@@H]2[C@H]3C[C@@H](CN21)[C@@H]1CCCCN1C3. The number of hydrogen-bond donors (Lipinski definition) is 0. The highest BCUT2D eigenvalue weighted by Gasteiger charge is 2.54. The van der Waals surface area contributed by atoms with Crippen molar-refractivity contribution in [3.05, 3.63) is 35.9 Å². The van der Waals surface area contributed by atoms with E-state index in [4.69, 9.17) is 0 Å². The highest BCUT2D eigenvalue weighted by Crippen LogP contribution is 2.49. The Labute approximate surface area is 151 Å². The zero-order chi connectivity index (χ0) is 16.9. The van der Waals surface area contributed by atoms with Gasteiger partial charge in [0.15, 0.2) is 0 Å². The molecule has 5 rings (SSSR count). The lowest BCUT2D eigenvalue weighted by molar-refractivity contribution is -0.108. The molecular formula is C22H29N3. The molecular weight excluding hydrogens is 306 g/mol. The second kappa shape index (κ2) is 6.11. The zero-order valence-corrected chi connectivity index (χ0v) is 15.1. The Morgan fingerprint density at radius 3 is 2.60 bits per heavy atom. The maximum atomic E-state index is 10.3. The molecule has 4 saturated heterocycles. The summed E-state index contributed by atoms with van der Waals surface area (Å²) in [6.07, 6.45) is 9.03. The molecule has 1 aromatic carbocycles. The van der Waals surface area contributed by atoms with Gasteiger partial charge in [-0.25, -0.2) is 0 Å². The van der Waals surface area contributed by atoms with Crippen LogP contribution in [0.15, 0.2) is 30.3 Å². The summed E-state index contributed by atoms with van der Waals surface area (Å²) in [5.74, 6) is 1.54. The summed E-state index contributed by atoms with van der Waals surface area (Å²) in [5, 5.41) is 10.3. The van der Waals surface area contributed by atoms with Crippen molar-refractivity contribution in [1.82, 2.24) is 9.80 Å². The van der Waals surface area contributed by atoms with E-state index in [1.807, 2.05) is 0 Å². The summed E-state index contributed by atoms with van der Waals surface area (Å²) in [6, 6.07) is 14.8. The number of nitriles is 1. The number of piperidine rings is 4. The molecule has 0 saturated carbocycles. The Balaban J connectivity index is 1.52. The van der Waals surface area contributed by atoms with E-state index in [9.17, 15) is 5.26 Å². The standard InChI is InChI=1S/C22H29N3/c23-16-22(19-7-2-1-3-8-19)11-6-10-21-17-13-18(15-25(21)22)20-9-4-5-12-24(20)14-17/h1-3,7-8,17-18,20-21H,4-6,9-15H2/t17-,18-,20-,21+,22-/m0/s1. The predicted molar refractivity (Wildman–Crippen MR) is 98.9 cm³/mol. The van der Waals surface area contributed by atoms with E-state index < -0.39 is 5.54 Å². The smallest absolute Gasteiger partial charge is 0.135 e. The number of benzene rings is 1. The number of hydrogen-bond acceptors (Lipinski definition) is 3. The molecule has 132 valence electrons. The van der Waals surface area contributed by atoms with Crippen molar-refractivity contribution < 1.29 is 0 Å². The van der Waals surface area contributed by atoms with Crippen molar-refractivity contribution in [2.75, 3.05) is 19.6 Å². The lowest BCUT2D eigenvalue weighted by Gasteiger charge is -2.60. The Morgan fingerprint density at radius 2 is 1.76 bits per heavy atom. The summed E-state index contributed by atoms with van der Waals surface area (Å²) >= 11 is 0. The average Bonchev–Trinajstić information content (AvgIpc) is 2.68. The average molecular weight is 335 g/mol. The van der Waals surface area contributed by atoms with Gasteiger partial charge in [-0.15, -0.1) is 0 Å². The van der Waals surface area contributed by atoms with Crippen molar-refractivity contribution in [2.24, 2.45) is 11.8 Å². The Bertz CT molecular complexity index is 666. The van der Waals surface area contributed by atoms with Crippen LogP contribution in [0.4, 0.5) is 0 Å². The highest BCUT2D eigenvalue weighted by molar-refractivity contribution is 5.33. The maximum Gasteiger partial charge on any atom is 0.135 e. The van der Waals surface area contributed by atoms with Gasteiger partial charge in [0, 0.05) is 25.2 Å². The number of fused-ring (bicyclic) bond motifs is 6. The van der Waals surface area contributed by atoms with E-state index in [1.54, 1.807) is 0 Å². The molecule has 0 aromatic heterocycles. The molecule has 0 N–H and O–H groups in total. The van der Waals surface area contributed by atoms with Crippen LogP contribution in [-0.4, -0.2) is 41.5 Å². The van der Waals surface area contributed by atoms with E-state index >= 15 is 0 Å². The van der Waals surface area contributed by atoms with Crippen LogP contribution >= 0.6 is 0 Å². The molecule has 0 amide bonds. The minimum absolute atomic E-state index is 0.391. The minimum Gasteiger partial charge on any atom is -0.300 e. The second-order valence-corrected chi connectivity index (χ2v) is 8.76. The number of rotatable bonds is 1. The van der Waals surface area contributed by atoms with Crippen molar-refractivity contribution >= 4 is 0 Å². The molecule has 0 spiro atoms. The van der Waals surface area contributed by atoms with Crippen LogP contribution in [0, 0.1) is 23.2 Å². The summed E-state index contributed by atoms with van der Waals surface area (Å²) in [4.78, 5) is 5.47. The molecule has 1 aromatic rings. The Hall–Kier alpha value is -1.37. The normalized spacial score (nSPS) is 41.4. The quantitative estimate of drug-likeness (QED) is 0.783. The molecule has 0 unspecified atom stereocenters. The van der Waals surface area contributed by atoms with E-state index in [0.717, 1.165) is 30.8 Å². The number of nitrogens with zero attached hydrogens (tertiary/aromatic N) is 3. The molecule has 4 fully saturated rings. The van der Waals surface area contributed by atoms with Crippen LogP contribution in [0.1, 0.15) is 50.5 Å². The van der Waals surface area contributed by atoms with Gasteiger partial charge in [0.2, 0.25) is 0 Å². The summed E-state index contributed by atoms with van der Waals surface area (Å²) in [5.41, 5.74) is 0.834. The van der Waals surface area contributed by atoms with Gasteiger partial charge in [0.1, 0.15) is 5.54 Å². The molecule has 5 atom stereocenters. The van der Waals surface area contributed by atoms with Crippen molar-refractivity contribution in [3.63, 3.8) is 0 Å². The molecule has 3 nitrogen and oxygen atoms in total. The van der Waals surface area contributed by atoms with Crippen LogP contribution in [0.2, 0.25) is 0 Å². The first kappa shape index (κ1) is 15.9. The Morgan fingerprint density at radius 1 is 0.960 bits per heavy atom. The second-order valence-electron chi connectivity index (χ2n) is 8.76. The van der Waals surface area contributed by atoms with Gasteiger partial charge >= 0.3 is 0 Å². The first-order valence-electron chi connectivity index (χ1n) is 10.3. The van der Waals surface area contributed by atoms with Crippen molar-refractivity contribution in [1.29, 1.82) is 5.26 Å². The fourth-order valence-corrected chi connectivity index (χ4v) is 6.57. The van der Waals surface area contributed by atoms with Gasteiger partial charge in [-0.1, -0.05) is 36.8 Å². The largest absolute Gasteiger partial charge is 0.300 e. The Kier molecular flexibility index (Phi) is 3.87. The van der Waals surface area contributed by atoms with Gasteiger partial charge < -0.3 is 0 Å². The van der Waals surface area contributed by atoms with Crippen LogP contribution in [0.3, 0.4) is 0 Å². The summed E-state index contributed by atoms with van der Waals surface area (Å²) in [6.45, 7) is 3.72. The molecule has 4 aliphatic rings. The van der Waals surface area contributed by atoms with Crippen LogP contribution in [0.25, 0.3) is 0 Å². The van der Waals surface area contributed by atoms with Crippen molar-refractivity contribution in [2.45, 2.75) is 62.6 Å². The third kappa shape index (κ3) is 2.38.